The predicted octanol–water partition coefficient (Wildman–Crippen LogP) is 0.886. The molecule has 0 aliphatic heterocycles. The molecule has 1 amide bonds. The molecule has 1 N–H and O–H groups in total. The Morgan fingerprint density at radius 3 is 3.12 bits per heavy atom. The van der Waals surface area contributed by atoms with Crippen molar-refractivity contribution in [3.63, 3.8) is 0 Å². The number of terminal acetylenes is 1. The molecular formula is C12H16N2O2. The third-order valence-corrected chi connectivity index (χ3v) is 2.20. The normalized spacial score (nSPS) is 11.8. The molecule has 0 saturated carbocycles. The van der Waals surface area contributed by atoms with Crippen LogP contribution in [-0.2, 0) is 11.3 Å². The summed E-state index contributed by atoms with van der Waals surface area (Å²) in [6.07, 6.45) is 7.04. The molecule has 0 aliphatic carbocycles. The number of methoxy groups -OCH3 is 1. The van der Waals surface area contributed by atoms with E-state index >= 15 is 0 Å². The maximum absolute atomic E-state index is 11.8. The van der Waals surface area contributed by atoms with Crippen molar-refractivity contribution in [2.75, 3.05) is 13.7 Å². The van der Waals surface area contributed by atoms with Crippen LogP contribution in [-0.4, -0.2) is 30.2 Å². The number of nitrogens with zero attached hydrogens (tertiary/aromatic N) is 1. The van der Waals surface area contributed by atoms with Crippen LogP contribution in [0.4, 0.5) is 0 Å². The largest absolute Gasteiger partial charge is 0.383 e. The molecule has 4 heteroatoms. The number of amides is 1. The summed E-state index contributed by atoms with van der Waals surface area (Å²) in [5.74, 6) is 2.29. The lowest BCUT2D eigenvalue weighted by atomic mass is 10.3. The zero-order valence-corrected chi connectivity index (χ0v) is 9.56. The Balaban J connectivity index is 2.68. The molecule has 1 heterocycles. The fourth-order valence-electron chi connectivity index (χ4n) is 1.32. The van der Waals surface area contributed by atoms with Crippen LogP contribution in [0.1, 0.15) is 17.4 Å². The molecule has 0 radical (unpaired) electrons. The minimum Gasteiger partial charge on any atom is -0.383 e. The Kier molecular flexibility index (Phi) is 4.62. The lowest BCUT2D eigenvalue weighted by Crippen LogP contribution is -2.32. The number of rotatable bonds is 5. The molecular weight excluding hydrogens is 204 g/mol. The SMILES string of the molecule is C#CC(C)NC(=O)c1cccn1CCOC. The second-order valence-electron chi connectivity index (χ2n) is 3.44. The van der Waals surface area contributed by atoms with E-state index in [0.717, 1.165) is 0 Å². The van der Waals surface area contributed by atoms with Crippen molar-refractivity contribution in [3.05, 3.63) is 24.0 Å². The summed E-state index contributed by atoms with van der Waals surface area (Å²) >= 11 is 0. The van der Waals surface area contributed by atoms with Crippen LogP contribution >= 0.6 is 0 Å². The minimum atomic E-state index is -0.265. The molecule has 0 aliphatic rings. The number of ether oxygens (including phenoxy) is 1. The highest BCUT2D eigenvalue weighted by molar-refractivity contribution is 5.93. The summed E-state index contributed by atoms with van der Waals surface area (Å²) in [7, 11) is 1.63. The molecule has 0 spiro atoms. The molecule has 0 saturated heterocycles. The standard InChI is InChI=1S/C12H16N2O2/c1-4-10(2)13-12(15)11-6-5-7-14(11)8-9-16-3/h1,5-7,10H,8-9H2,2-3H3,(H,13,15). The zero-order valence-electron chi connectivity index (χ0n) is 9.56. The van der Waals surface area contributed by atoms with Crippen molar-refractivity contribution < 1.29 is 9.53 Å². The molecule has 1 aromatic rings. The van der Waals surface area contributed by atoms with Gasteiger partial charge in [0, 0.05) is 19.9 Å². The molecule has 86 valence electrons. The number of aromatic nitrogens is 1. The number of carbonyl (C=O) groups excluding carboxylic acids is 1. The minimum absolute atomic E-state index is 0.161. The van der Waals surface area contributed by atoms with Gasteiger partial charge in [-0.1, -0.05) is 5.92 Å². The number of hydrogen-bond donors (Lipinski definition) is 1. The molecule has 0 aromatic carbocycles. The molecule has 4 nitrogen and oxygen atoms in total. The van der Waals surface area contributed by atoms with Crippen LogP contribution in [0.25, 0.3) is 0 Å². The summed E-state index contributed by atoms with van der Waals surface area (Å²) < 4.78 is 6.80. The van der Waals surface area contributed by atoms with Gasteiger partial charge in [0.25, 0.3) is 5.91 Å². The molecule has 1 unspecified atom stereocenters. The van der Waals surface area contributed by atoms with Crippen molar-refractivity contribution >= 4 is 5.91 Å². The highest BCUT2D eigenvalue weighted by Gasteiger charge is 2.11. The van der Waals surface area contributed by atoms with E-state index in [4.69, 9.17) is 11.2 Å². The number of nitrogens with one attached hydrogen (secondary N) is 1. The van der Waals surface area contributed by atoms with E-state index in [9.17, 15) is 4.79 Å². The topological polar surface area (TPSA) is 43.3 Å². The maximum atomic E-state index is 11.8. The van der Waals surface area contributed by atoms with Gasteiger partial charge < -0.3 is 14.6 Å². The summed E-state index contributed by atoms with van der Waals surface area (Å²) in [5.41, 5.74) is 0.596. The predicted molar refractivity (Wildman–Crippen MR) is 62.1 cm³/mol. The molecule has 0 bridgehead atoms. The average molecular weight is 220 g/mol. The Labute approximate surface area is 95.6 Å². The molecule has 1 rings (SSSR count). The van der Waals surface area contributed by atoms with Crippen LogP contribution in [0.15, 0.2) is 18.3 Å². The molecule has 1 aromatic heterocycles. The second-order valence-corrected chi connectivity index (χ2v) is 3.44. The molecule has 0 fully saturated rings. The Hall–Kier alpha value is -1.73. The monoisotopic (exact) mass is 220 g/mol. The average Bonchev–Trinajstić information content (AvgIpc) is 2.74. The lowest BCUT2D eigenvalue weighted by molar-refractivity contribution is 0.0936. The summed E-state index contributed by atoms with van der Waals surface area (Å²) in [6.45, 7) is 2.98. The molecule has 1 atom stereocenters. The van der Waals surface area contributed by atoms with Crippen LogP contribution in [0.5, 0.6) is 0 Å². The van der Waals surface area contributed by atoms with Gasteiger partial charge in [0.2, 0.25) is 0 Å². The maximum Gasteiger partial charge on any atom is 0.268 e. The first kappa shape index (κ1) is 12.3. The third kappa shape index (κ3) is 3.14. The van der Waals surface area contributed by atoms with E-state index in [1.807, 2.05) is 16.8 Å². The van der Waals surface area contributed by atoms with E-state index in [2.05, 4.69) is 11.2 Å². The van der Waals surface area contributed by atoms with Gasteiger partial charge in [0.05, 0.1) is 12.6 Å². The lowest BCUT2D eigenvalue weighted by Gasteiger charge is -2.10. The fraction of sp³-hybridized carbons (Fsp3) is 0.417. The van der Waals surface area contributed by atoms with E-state index in [0.29, 0.717) is 18.8 Å². The van der Waals surface area contributed by atoms with Gasteiger partial charge in [-0.05, 0) is 19.1 Å². The van der Waals surface area contributed by atoms with Gasteiger partial charge >= 0.3 is 0 Å². The Morgan fingerprint density at radius 1 is 1.75 bits per heavy atom. The van der Waals surface area contributed by atoms with Gasteiger partial charge in [-0.15, -0.1) is 6.42 Å². The smallest absolute Gasteiger partial charge is 0.268 e. The van der Waals surface area contributed by atoms with E-state index in [1.165, 1.54) is 0 Å². The molecule has 16 heavy (non-hydrogen) atoms. The fourth-order valence-corrected chi connectivity index (χ4v) is 1.32. The van der Waals surface area contributed by atoms with Crippen LogP contribution < -0.4 is 5.32 Å². The summed E-state index contributed by atoms with van der Waals surface area (Å²) in [5, 5.41) is 2.71. The van der Waals surface area contributed by atoms with E-state index in [-0.39, 0.29) is 11.9 Å². The van der Waals surface area contributed by atoms with Crippen molar-refractivity contribution in [2.24, 2.45) is 0 Å². The van der Waals surface area contributed by atoms with Gasteiger partial charge in [0.15, 0.2) is 0 Å². The zero-order chi connectivity index (χ0) is 12.0. The Bertz CT molecular complexity index is 390. The third-order valence-electron chi connectivity index (χ3n) is 2.20. The first-order valence-electron chi connectivity index (χ1n) is 5.10. The number of carbonyl (C=O) groups is 1. The van der Waals surface area contributed by atoms with E-state index in [1.54, 1.807) is 20.1 Å². The van der Waals surface area contributed by atoms with Crippen LogP contribution in [0, 0.1) is 12.3 Å². The summed E-state index contributed by atoms with van der Waals surface area (Å²) in [6, 6.07) is 3.32. The Morgan fingerprint density at radius 2 is 2.50 bits per heavy atom. The van der Waals surface area contributed by atoms with Gasteiger partial charge in [-0.3, -0.25) is 4.79 Å². The first-order valence-corrected chi connectivity index (χ1v) is 5.10. The van der Waals surface area contributed by atoms with Crippen LogP contribution in [0.2, 0.25) is 0 Å². The van der Waals surface area contributed by atoms with Crippen molar-refractivity contribution in [3.8, 4) is 12.3 Å². The second kappa shape index (κ2) is 5.99. The quantitative estimate of drug-likeness (QED) is 0.749. The van der Waals surface area contributed by atoms with Crippen molar-refractivity contribution in [1.29, 1.82) is 0 Å². The van der Waals surface area contributed by atoms with Gasteiger partial charge in [-0.25, -0.2) is 0 Å². The van der Waals surface area contributed by atoms with E-state index < -0.39 is 0 Å². The first-order chi connectivity index (χ1) is 7.69. The van der Waals surface area contributed by atoms with Crippen LogP contribution in [0.3, 0.4) is 0 Å². The van der Waals surface area contributed by atoms with Crippen molar-refractivity contribution in [1.82, 2.24) is 9.88 Å². The highest BCUT2D eigenvalue weighted by Crippen LogP contribution is 2.02. The summed E-state index contributed by atoms with van der Waals surface area (Å²) in [4.78, 5) is 11.8. The van der Waals surface area contributed by atoms with Crippen molar-refractivity contribution in [2.45, 2.75) is 19.5 Å². The number of hydrogen-bond acceptors (Lipinski definition) is 2. The van der Waals surface area contributed by atoms with Gasteiger partial charge in [0.1, 0.15) is 5.69 Å². The highest BCUT2D eigenvalue weighted by atomic mass is 16.5. The van der Waals surface area contributed by atoms with Gasteiger partial charge in [-0.2, -0.15) is 0 Å².